The van der Waals surface area contributed by atoms with Crippen molar-refractivity contribution in [2.45, 2.75) is 45.1 Å². The van der Waals surface area contributed by atoms with E-state index in [4.69, 9.17) is 0 Å². The van der Waals surface area contributed by atoms with E-state index in [0.717, 1.165) is 30.6 Å². The van der Waals surface area contributed by atoms with Crippen LogP contribution in [0.1, 0.15) is 50.7 Å². The summed E-state index contributed by atoms with van der Waals surface area (Å²) in [6.45, 7) is 5.19. The molecule has 3 rings (SSSR count). The highest BCUT2D eigenvalue weighted by Crippen LogP contribution is 2.35. The molecule has 1 aliphatic rings. The van der Waals surface area contributed by atoms with E-state index in [1.165, 1.54) is 0 Å². The molecule has 4 amide bonds. The van der Waals surface area contributed by atoms with E-state index in [0.29, 0.717) is 24.2 Å². The molecule has 0 unspecified atom stereocenters. The van der Waals surface area contributed by atoms with Crippen molar-refractivity contribution in [2.75, 3.05) is 19.6 Å². The summed E-state index contributed by atoms with van der Waals surface area (Å²) in [4.78, 5) is 42.5. The van der Waals surface area contributed by atoms with Crippen LogP contribution >= 0.6 is 0 Å². The molecule has 6 nitrogen and oxygen atoms in total. The third-order valence-electron chi connectivity index (χ3n) is 5.73. The van der Waals surface area contributed by atoms with Crippen LogP contribution in [0.25, 0.3) is 0 Å². The highest BCUT2D eigenvalue weighted by Gasteiger charge is 2.54. The number of carbonyl (C=O) groups is 3. The van der Waals surface area contributed by atoms with Gasteiger partial charge in [-0.15, -0.1) is 0 Å². The Hall–Kier alpha value is -3.15. The highest BCUT2D eigenvalue weighted by atomic mass is 16.2. The lowest BCUT2D eigenvalue weighted by molar-refractivity contribution is -0.138. The van der Waals surface area contributed by atoms with E-state index in [-0.39, 0.29) is 12.5 Å². The van der Waals surface area contributed by atoms with Crippen LogP contribution in [0.3, 0.4) is 0 Å². The minimum atomic E-state index is -1.34. The third kappa shape index (κ3) is 4.63. The summed E-state index contributed by atoms with van der Waals surface area (Å²) in [6.07, 6.45) is 3.75. The summed E-state index contributed by atoms with van der Waals surface area (Å²) in [5.41, 5.74) is 0.00372. The number of rotatable bonds is 10. The zero-order chi connectivity index (χ0) is 22.3. The Kier molecular flexibility index (Phi) is 7.45. The van der Waals surface area contributed by atoms with Gasteiger partial charge in [-0.2, -0.15) is 0 Å². The van der Waals surface area contributed by atoms with Crippen LogP contribution in [0.15, 0.2) is 60.7 Å². The van der Waals surface area contributed by atoms with Crippen molar-refractivity contribution in [1.29, 1.82) is 0 Å². The SMILES string of the molecule is CCCCN(CCCC)C(=O)CN1C(=O)NC(c2ccccc2)(c2ccccc2)C1=O. The Bertz CT molecular complexity index is 851. The Balaban J connectivity index is 1.91. The minimum Gasteiger partial charge on any atom is -0.341 e. The Morgan fingerprint density at radius 3 is 1.81 bits per heavy atom. The first-order valence-corrected chi connectivity index (χ1v) is 11.1. The number of unbranched alkanes of at least 4 members (excludes halogenated alkanes) is 2. The zero-order valence-corrected chi connectivity index (χ0v) is 18.3. The fourth-order valence-corrected chi connectivity index (χ4v) is 3.95. The number of nitrogens with one attached hydrogen (secondary N) is 1. The molecule has 0 radical (unpaired) electrons. The van der Waals surface area contributed by atoms with Gasteiger partial charge in [-0.3, -0.25) is 14.5 Å². The fraction of sp³-hybridized carbons (Fsp3) is 0.400. The number of carbonyl (C=O) groups excluding carboxylic acids is 3. The summed E-state index contributed by atoms with van der Waals surface area (Å²) in [6, 6.07) is 17.8. The van der Waals surface area contributed by atoms with Gasteiger partial charge >= 0.3 is 6.03 Å². The van der Waals surface area contributed by atoms with Gasteiger partial charge in [-0.05, 0) is 24.0 Å². The number of urea groups is 1. The van der Waals surface area contributed by atoms with Crippen molar-refractivity contribution in [3.8, 4) is 0 Å². The molecule has 1 saturated heterocycles. The van der Waals surface area contributed by atoms with E-state index >= 15 is 0 Å². The lowest BCUT2D eigenvalue weighted by Crippen LogP contribution is -2.46. The van der Waals surface area contributed by atoms with Gasteiger partial charge in [0.2, 0.25) is 5.91 Å². The van der Waals surface area contributed by atoms with Crippen molar-refractivity contribution in [2.24, 2.45) is 0 Å². The fourth-order valence-electron chi connectivity index (χ4n) is 3.95. The lowest BCUT2D eigenvalue weighted by Gasteiger charge is -2.28. The van der Waals surface area contributed by atoms with Gasteiger partial charge in [0.25, 0.3) is 5.91 Å². The second-order valence-electron chi connectivity index (χ2n) is 7.89. The molecule has 0 aromatic heterocycles. The van der Waals surface area contributed by atoms with Crippen molar-refractivity contribution < 1.29 is 14.4 Å². The number of amides is 4. The molecule has 0 saturated carbocycles. The normalized spacial score (nSPS) is 15.1. The van der Waals surface area contributed by atoms with E-state index in [9.17, 15) is 14.4 Å². The van der Waals surface area contributed by atoms with Crippen LogP contribution in [0.5, 0.6) is 0 Å². The van der Waals surface area contributed by atoms with Gasteiger partial charge in [0.1, 0.15) is 6.54 Å². The van der Waals surface area contributed by atoms with Crippen LogP contribution in [-0.2, 0) is 15.1 Å². The molecule has 0 spiro atoms. The summed E-state index contributed by atoms with van der Waals surface area (Å²) in [5, 5.41) is 2.90. The van der Waals surface area contributed by atoms with Gasteiger partial charge in [-0.1, -0.05) is 87.4 Å². The molecule has 164 valence electrons. The molecule has 2 aromatic rings. The van der Waals surface area contributed by atoms with Gasteiger partial charge in [-0.25, -0.2) is 4.79 Å². The maximum absolute atomic E-state index is 13.7. The molecule has 31 heavy (non-hydrogen) atoms. The molecule has 6 heteroatoms. The predicted octanol–water partition coefficient (Wildman–Crippen LogP) is 3.91. The van der Waals surface area contributed by atoms with Crippen molar-refractivity contribution in [1.82, 2.24) is 15.1 Å². The van der Waals surface area contributed by atoms with E-state index in [1.54, 1.807) is 4.90 Å². The van der Waals surface area contributed by atoms with Crippen LogP contribution < -0.4 is 5.32 Å². The first-order valence-electron chi connectivity index (χ1n) is 11.1. The zero-order valence-electron chi connectivity index (χ0n) is 18.3. The number of hydrogen-bond donors (Lipinski definition) is 1. The van der Waals surface area contributed by atoms with Crippen LogP contribution in [-0.4, -0.2) is 47.3 Å². The average molecular weight is 422 g/mol. The smallest absolute Gasteiger partial charge is 0.326 e. The Morgan fingerprint density at radius 1 is 0.871 bits per heavy atom. The van der Waals surface area contributed by atoms with Crippen LogP contribution in [0.2, 0.25) is 0 Å². The molecular formula is C25H31N3O3. The quantitative estimate of drug-likeness (QED) is 0.592. The first-order chi connectivity index (χ1) is 15.0. The van der Waals surface area contributed by atoms with Crippen LogP contribution in [0, 0.1) is 0 Å². The molecule has 1 fully saturated rings. The maximum Gasteiger partial charge on any atom is 0.326 e. The number of hydrogen-bond acceptors (Lipinski definition) is 3. The third-order valence-corrected chi connectivity index (χ3v) is 5.73. The lowest BCUT2D eigenvalue weighted by atomic mass is 9.82. The van der Waals surface area contributed by atoms with Crippen LogP contribution in [0.4, 0.5) is 4.79 Å². The van der Waals surface area contributed by atoms with E-state index in [1.807, 2.05) is 60.7 Å². The monoisotopic (exact) mass is 421 g/mol. The van der Waals surface area contributed by atoms with E-state index in [2.05, 4.69) is 19.2 Å². The van der Waals surface area contributed by atoms with Gasteiger partial charge < -0.3 is 10.2 Å². The summed E-state index contributed by atoms with van der Waals surface area (Å²) in [7, 11) is 0. The summed E-state index contributed by atoms with van der Waals surface area (Å²) in [5.74, 6) is -0.614. The maximum atomic E-state index is 13.7. The Labute approximate surface area is 184 Å². The van der Waals surface area contributed by atoms with Crippen molar-refractivity contribution >= 4 is 17.8 Å². The molecule has 0 bridgehead atoms. The standard InChI is InChI=1S/C25H31N3O3/c1-3-5-17-27(18-6-4-2)22(29)19-28-23(30)25(26-24(28)31,20-13-9-7-10-14-20)21-15-11-8-12-16-21/h7-16H,3-6,17-19H2,1-2H3,(H,26,31). The number of nitrogens with zero attached hydrogens (tertiary/aromatic N) is 2. The minimum absolute atomic E-state index is 0.192. The van der Waals surface area contributed by atoms with Gasteiger partial charge in [0.05, 0.1) is 0 Å². The molecule has 0 aliphatic carbocycles. The predicted molar refractivity (Wildman–Crippen MR) is 120 cm³/mol. The largest absolute Gasteiger partial charge is 0.341 e. The summed E-state index contributed by atoms with van der Waals surface area (Å²) >= 11 is 0. The highest BCUT2D eigenvalue weighted by molar-refractivity contribution is 6.11. The van der Waals surface area contributed by atoms with Gasteiger partial charge in [0.15, 0.2) is 5.54 Å². The molecule has 1 heterocycles. The number of imide groups is 1. The molecule has 2 aromatic carbocycles. The van der Waals surface area contributed by atoms with Crippen molar-refractivity contribution in [3.63, 3.8) is 0 Å². The average Bonchev–Trinajstić information content (AvgIpc) is 3.06. The molecule has 0 atom stereocenters. The number of benzene rings is 2. The second-order valence-corrected chi connectivity index (χ2v) is 7.89. The molecule has 1 N–H and O–H groups in total. The topological polar surface area (TPSA) is 69.7 Å². The Morgan fingerprint density at radius 2 is 1.35 bits per heavy atom. The van der Waals surface area contributed by atoms with Gasteiger partial charge in [0, 0.05) is 13.1 Å². The second kappa shape index (κ2) is 10.2. The summed E-state index contributed by atoms with van der Waals surface area (Å²) < 4.78 is 0. The first kappa shape index (κ1) is 22.5. The van der Waals surface area contributed by atoms with Crippen molar-refractivity contribution in [3.05, 3.63) is 71.8 Å². The molecule has 1 aliphatic heterocycles. The van der Waals surface area contributed by atoms with E-state index < -0.39 is 17.5 Å². The molecular weight excluding hydrogens is 390 g/mol.